The van der Waals surface area contributed by atoms with Crippen molar-refractivity contribution < 1.29 is 0 Å². The zero-order valence-corrected chi connectivity index (χ0v) is 36.1. The van der Waals surface area contributed by atoms with Crippen LogP contribution in [0.1, 0.15) is 47.2 Å². The normalized spacial score (nSPS) is 13.9. The molecular weight excluding hydrogens is 789 g/mol. The van der Waals surface area contributed by atoms with Crippen molar-refractivity contribution in [2.45, 2.75) is 24.7 Å². The average molecular weight is 831 g/mol. The molecule has 9 aromatic carbocycles. The fourth-order valence-electron chi connectivity index (χ4n) is 11.3. The highest BCUT2D eigenvalue weighted by molar-refractivity contribution is 6.09. The van der Waals surface area contributed by atoms with E-state index in [-0.39, 0.29) is 5.41 Å². The Morgan fingerprint density at radius 1 is 0.338 bits per heavy atom. The number of para-hydroxylation sites is 2. The minimum absolute atomic E-state index is 0.208. The third-order valence-corrected chi connectivity index (χ3v) is 14.1. The van der Waals surface area contributed by atoms with E-state index in [4.69, 9.17) is 15.0 Å². The molecule has 0 saturated heterocycles. The van der Waals surface area contributed by atoms with Crippen LogP contribution in [0.4, 0.5) is 0 Å². The maximum absolute atomic E-state index is 5.33. The molecule has 0 amide bonds. The smallest absolute Gasteiger partial charge is 0.164 e. The van der Waals surface area contributed by atoms with Gasteiger partial charge in [0.25, 0.3) is 0 Å². The number of fused-ring (bicyclic) bond motifs is 12. The van der Waals surface area contributed by atoms with Gasteiger partial charge in [0, 0.05) is 38.6 Å². The molecule has 1 spiro atoms. The summed E-state index contributed by atoms with van der Waals surface area (Å²) in [6.45, 7) is 4.75. The third kappa shape index (κ3) is 5.41. The van der Waals surface area contributed by atoms with Gasteiger partial charge in [-0.1, -0.05) is 202 Å². The molecule has 4 nitrogen and oxygen atoms in total. The van der Waals surface area contributed by atoms with E-state index < -0.39 is 5.41 Å². The molecule has 0 radical (unpaired) electrons. The Hall–Kier alpha value is -8.21. The molecule has 65 heavy (non-hydrogen) atoms. The Morgan fingerprint density at radius 2 is 0.815 bits per heavy atom. The predicted molar refractivity (Wildman–Crippen MR) is 265 cm³/mol. The Balaban J connectivity index is 1.06. The Kier molecular flexibility index (Phi) is 8.13. The molecule has 0 atom stereocenters. The van der Waals surface area contributed by atoms with Gasteiger partial charge in [-0.25, -0.2) is 15.0 Å². The Morgan fingerprint density at radius 3 is 1.40 bits per heavy atom. The van der Waals surface area contributed by atoms with Crippen LogP contribution in [-0.4, -0.2) is 19.5 Å². The van der Waals surface area contributed by atoms with Gasteiger partial charge in [-0.3, -0.25) is 0 Å². The number of hydrogen-bond donors (Lipinski definition) is 0. The summed E-state index contributed by atoms with van der Waals surface area (Å²) in [5, 5.41) is 2.52. The lowest BCUT2D eigenvalue weighted by Gasteiger charge is -2.46. The van der Waals surface area contributed by atoms with Crippen LogP contribution in [0.15, 0.2) is 218 Å². The number of aromatic nitrogens is 4. The summed E-state index contributed by atoms with van der Waals surface area (Å²) in [4.78, 5) is 15.7. The van der Waals surface area contributed by atoms with Crippen LogP contribution >= 0.6 is 0 Å². The third-order valence-electron chi connectivity index (χ3n) is 14.1. The summed E-state index contributed by atoms with van der Waals surface area (Å²) in [5.74, 6) is 1.94. The van der Waals surface area contributed by atoms with Crippen LogP contribution in [0.2, 0.25) is 0 Å². The van der Waals surface area contributed by atoms with Gasteiger partial charge in [-0.05, 0) is 86.0 Å². The maximum Gasteiger partial charge on any atom is 0.164 e. The lowest BCUT2D eigenvalue weighted by molar-refractivity contribution is 0.563. The van der Waals surface area contributed by atoms with Crippen LogP contribution in [0.5, 0.6) is 0 Å². The van der Waals surface area contributed by atoms with E-state index in [9.17, 15) is 0 Å². The van der Waals surface area contributed by atoms with Gasteiger partial charge in [0.2, 0.25) is 0 Å². The minimum Gasteiger partial charge on any atom is -0.309 e. The van der Waals surface area contributed by atoms with E-state index in [0.29, 0.717) is 17.5 Å². The van der Waals surface area contributed by atoms with Crippen molar-refractivity contribution >= 4 is 21.8 Å². The number of benzene rings is 9. The van der Waals surface area contributed by atoms with Crippen LogP contribution in [0.25, 0.3) is 83.9 Å². The molecule has 0 N–H and O–H groups in total. The highest BCUT2D eigenvalue weighted by atomic mass is 15.0. The minimum atomic E-state index is -0.583. The van der Waals surface area contributed by atoms with Crippen LogP contribution in [0.3, 0.4) is 0 Å². The molecule has 0 fully saturated rings. The highest BCUT2D eigenvalue weighted by Crippen LogP contribution is 2.63. The van der Waals surface area contributed by atoms with Gasteiger partial charge in [0.1, 0.15) is 0 Å². The van der Waals surface area contributed by atoms with E-state index in [0.717, 1.165) is 39.1 Å². The largest absolute Gasteiger partial charge is 0.309 e. The highest BCUT2D eigenvalue weighted by Gasteiger charge is 2.54. The number of hydrogen-bond acceptors (Lipinski definition) is 3. The molecule has 0 bridgehead atoms. The van der Waals surface area contributed by atoms with Gasteiger partial charge in [-0.15, -0.1) is 0 Å². The number of rotatable bonds is 5. The summed E-state index contributed by atoms with van der Waals surface area (Å²) in [6, 6.07) is 79.1. The first-order valence-corrected chi connectivity index (χ1v) is 22.4. The maximum atomic E-state index is 5.33. The monoisotopic (exact) mass is 830 g/mol. The van der Waals surface area contributed by atoms with Crippen molar-refractivity contribution in [1.29, 1.82) is 0 Å². The molecule has 13 rings (SSSR count). The topological polar surface area (TPSA) is 43.6 Å². The SMILES string of the molecule is CC1(C)c2ccccc2C2(c3ccc(-c4ccc(-n5c6ccccc6c6ccccc65)cc4)cc3-c3c(-c4nc(-c5ccccc5)nc(-c5ccccc5)n4)cccc32)c2ccccc21. The average Bonchev–Trinajstić information content (AvgIpc) is 3.87. The van der Waals surface area contributed by atoms with E-state index >= 15 is 0 Å². The molecule has 0 unspecified atom stereocenters. The summed E-state index contributed by atoms with van der Waals surface area (Å²) in [5.41, 5.74) is 18.1. The van der Waals surface area contributed by atoms with Crippen LogP contribution in [0, 0.1) is 0 Å². The molecule has 2 heterocycles. The molecule has 11 aromatic rings. The summed E-state index contributed by atoms with van der Waals surface area (Å²) >= 11 is 0. The van der Waals surface area contributed by atoms with Crippen molar-refractivity contribution in [3.8, 4) is 62.1 Å². The molecule has 306 valence electrons. The second-order valence-electron chi connectivity index (χ2n) is 17.9. The van der Waals surface area contributed by atoms with E-state index in [1.165, 1.54) is 60.8 Å². The van der Waals surface area contributed by atoms with Crippen molar-refractivity contribution in [1.82, 2.24) is 19.5 Å². The predicted octanol–water partition coefficient (Wildman–Crippen LogP) is 14.6. The Labute approximate surface area is 378 Å². The summed E-state index contributed by atoms with van der Waals surface area (Å²) in [7, 11) is 0. The molecule has 2 aliphatic carbocycles. The fraction of sp³-hybridized carbons (Fsp3) is 0.0656. The fourth-order valence-corrected chi connectivity index (χ4v) is 11.3. The van der Waals surface area contributed by atoms with Crippen molar-refractivity contribution in [2.24, 2.45) is 0 Å². The first-order chi connectivity index (χ1) is 32.0. The van der Waals surface area contributed by atoms with Gasteiger partial charge in [0.15, 0.2) is 17.5 Å². The molecule has 0 aliphatic heterocycles. The van der Waals surface area contributed by atoms with Crippen LogP contribution < -0.4 is 0 Å². The second kappa shape index (κ2) is 14.2. The summed E-state index contributed by atoms with van der Waals surface area (Å²) in [6.07, 6.45) is 0. The lowest BCUT2D eigenvalue weighted by Crippen LogP contribution is -2.40. The zero-order valence-electron chi connectivity index (χ0n) is 36.1. The van der Waals surface area contributed by atoms with Gasteiger partial charge in [-0.2, -0.15) is 0 Å². The van der Waals surface area contributed by atoms with Crippen LogP contribution in [-0.2, 0) is 10.8 Å². The van der Waals surface area contributed by atoms with Crippen molar-refractivity contribution in [3.05, 3.63) is 252 Å². The molecule has 2 aromatic heterocycles. The standard InChI is InChI=1S/C61H42N4/c1-60(2)49-25-11-13-27-51(49)61(52-28-14-12-26-50(52)60)48-37-34-42(39-32-35-43(36-33-39)65-54-30-15-9-22-44(54)45-23-10-16-31-55(45)65)38-47(48)56-46(24-17-29-53(56)61)59-63-57(40-18-5-3-6-19-40)62-58(64-59)41-20-7-4-8-21-41/h3-38H,1-2H3. The first-order valence-electron chi connectivity index (χ1n) is 22.4. The van der Waals surface area contributed by atoms with Gasteiger partial charge in [0.05, 0.1) is 16.4 Å². The van der Waals surface area contributed by atoms with Crippen molar-refractivity contribution in [3.63, 3.8) is 0 Å². The van der Waals surface area contributed by atoms with E-state index in [1.807, 2.05) is 36.4 Å². The summed E-state index contributed by atoms with van der Waals surface area (Å²) < 4.78 is 2.38. The number of nitrogens with zero attached hydrogens (tertiary/aromatic N) is 4. The molecule has 4 heteroatoms. The molecule has 2 aliphatic rings. The lowest BCUT2D eigenvalue weighted by atomic mass is 9.55. The first kappa shape index (κ1) is 37.4. The molecule has 0 saturated carbocycles. The van der Waals surface area contributed by atoms with E-state index in [1.54, 1.807) is 0 Å². The second-order valence-corrected chi connectivity index (χ2v) is 17.9. The quantitative estimate of drug-likeness (QED) is 0.174. The van der Waals surface area contributed by atoms with Gasteiger partial charge >= 0.3 is 0 Å². The van der Waals surface area contributed by atoms with Gasteiger partial charge < -0.3 is 4.57 Å². The Bertz CT molecular complexity index is 3520. The zero-order chi connectivity index (χ0) is 43.3. The van der Waals surface area contributed by atoms with E-state index in [2.05, 4.69) is 200 Å². The molecular formula is C61H42N4. The van der Waals surface area contributed by atoms with Crippen molar-refractivity contribution in [2.75, 3.05) is 0 Å².